The Hall–Kier alpha value is -1.17. The van der Waals surface area contributed by atoms with Gasteiger partial charge in [0.25, 0.3) is 0 Å². The van der Waals surface area contributed by atoms with E-state index < -0.39 is 17.2 Å². The van der Waals surface area contributed by atoms with E-state index >= 15 is 0 Å². The Kier molecular flexibility index (Phi) is 2.37. The Bertz CT molecular complexity index is 413. The molecule has 0 fully saturated rings. The molecule has 0 aliphatic carbocycles. The van der Waals surface area contributed by atoms with Crippen LogP contribution in [0.1, 0.15) is 11.7 Å². The van der Waals surface area contributed by atoms with Gasteiger partial charge in [-0.1, -0.05) is 18.2 Å². The van der Waals surface area contributed by atoms with Crippen molar-refractivity contribution in [1.29, 1.82) is 0 Å². The van der Waals surface area contributed by atoms with Gasteiger partial charge in [-0.2, -0.15) is 0 Å². The third-order valence-electron chi connectivity index (χ3n) is 1.91. The minimum atomic E-state index is -2.45. The van der Waals surface area contributed by atoms with Gasteiger partial charge in [-0.3, -0.25) is 4.21 Å². The molecular formula is C9H7O4S-. The Morgan fingerprint density at radius 1 is 1.43 bits per heavy atom. The fourth-order valence-corrected chi connectivity index (χ4v) is 1.67. The first kappa shape index (κ1) is 9.39. The number of hydrogen-bond donors (Lipinski definition) is 1. The van der Waals surface area contributed by atoms with Crippen molar-refractivity contribution >= 4 is 11.1 Å². The maximum Gasteiger partial charge on any atom is 0.176 e. The van der Waals surface area contributed by atoms with E-state index in [1.54, 1.807) is 24.3 Å². The van der Waals surface area contributed by atoms with Gasteiger partial charge in [0.2, 0.25) is 0 Å². The van der Waals surface area contributed by atoms with Gasteiger partial charge in [-0.05, 0) is 12.1 Å². The summed E-state index contributed by atoms with van der Waals surface area (Å²) in [6.07, 6.45) is 0.235. The van der Waals surface area contributed by atoms with Crippen molar-refractivity contribution in [3.05, 3.63) is 41.0 Å². The predicted molar refractivity (Wildman–Crippen MR) is 49.0 cm³/mol. The van der Waals surface area contributed by atoms with Crippen molar-refractivity contribution < 1.29 is 18.6 Å². The molecule has 74 valence electrons. The Labute approximate surface area is 83.1 Å². The van der Waals surface area contributed by atoms with E-state index in [2.05, 4.69) is 0 Å². The normalized spacial score (nSPS) is 21.9. The van der Waals surface area contributed by atoms with Crippen LogP contribution in [0, 0.1) is 0 Å². The maximum absolute atomic E-state index is 10.6. The second-order valence-corrected chi connectivity index (χ2v) is 3.68. The summed E-state index contributed by atoms with van der Waals surface area (Å²) in [5.74, 6) is 0.377. The molecule has 4 nitrogen and oxygen atoms in total. The van der Waals surface area contributed by atoms with Gasteiger partial charge in [-0.15, -0.1) is 0 Å². The molecule has 14 heavy (non-hydrogen) atoms. The van der Waals surface area contributed by atoms with Crippen LogP contribution in [0.3, 0.4) is 0 Å². The SMILES string of the molecule is O=S([O-])C1=CC(O)c2ccccc2O1. The number of aliphatic hydroxyl groups excluding tert-OH is 1. The van der Waals surface area contributed by atoms with Crippen molar-refractivity contribution in [3.8, 4) is 5.75 Å². The average molecular weight is 211 g/mol. The van der Waals surface area contributed by atoms with Gasteiger partial charge < -0.3 is 14.4 Å². The molecule has 5 heteroatoms. The number of ether oxygens (including phenoxy) is 1. The molecule has 0 saturated heterocycles. The van der Waals surface area contributed by atoms with E-state index in [1.807, 2.05) is 0 Å². The highest BCUT2D eigenvalue weighted by Crippen LogP contribution is 2.32. The van der Waals surface area contributed by atoms with Crippen LogP contribution in [0.25, 0.3) is 0 Å². The van der Waals surface area contributed by atoms with Gasteiger partial charge in [0.15, 0.2) is 5.09 Å². The Morgan fingerprint density at radius 3 is 2.86 bits per heavy atom. The van der Waals surface area contributed by atoms with Crippen LogP contribution >= 0.6 is 0 Å². The lowest BCUT2D eigenvalue weighted by molar-refractivity contribution is 0.210. The molecular weight excluding hydrogens is 204 g/mol. The number of benzene rings is 1. The van der Waals surface area contributed by atoms with Gasteiger partial charge in [0.1, 0.15) is 11.9 Å². The molecule has 0 saturated carbocycles. The van der Waals surface area contributed by atoms with Gasteiger partial charge in [0, 0.05) is 16.6 Å². The van der Waals surface area contributed by atoms with Crippen molar-refractivity contribution in [2.45, 2.75) is 6.10 Å². The highest BCUT2D eigenvalue weighted by molar-refractivity contribution is 7.83. The van der Waals surface area contributed by atoms with E-state index in [1.165, 1.54) is 0 Å². The number of hydrogen-bond acceptors (Lipinski definition) is 4. The minimum Gasteiger partial charge on any atom is -0.766 e. The first-order chi connectivity index (χ1) is 6.68. The predicted octanol–water partition coefficient (Wildman–Crippen LogP) is 0.833. The summed E-state index contributed by atoms with van der Waals surface area (Å²) in [4.78, 5) is 0. The third kappa shape index (κ3) is 1.57. The standard InChI is InChI=1S/C9H8O4S/c10-7-5-9(14(11)12)13-8-4-2-1-3-6(7)8/h1-5,7,10H,(H,11,12)/p-1. The lowest BCUT2D eigenvalue weighted by Gasteiger charge is -2.22. The molecule has 1 heterocycles. The zero-order chi connectivity index (χ0) is 10.1. The number of rotatable bonds is 1. The van der Waals surface area contributed by atoms with Gasteiger partial charge in [-0.25, -0.2) is 0 Å². The summed E-state index contributed by atoms with van der Waals surface area (Å²) in [7, 11) is 0. The minimum absolute atomic E-state index is 0.240. The lowest BCUT2D eigenvalue weighted by Crippen LogP contribution is -2.12. The second kappa shape index (κ2) is 3.53. The van der Waals surface area contributed by atoms with Crippen LogP contribution in [-0.4, -0.2) is 13.9 Å². The van der Waals surface area contributed by atoms with Crippen LogP contribution < -0.4 is 4.74 Å². The van der Waals surface area contributed by atoms with E-state index in [-0.39, 0.29) is 5.09 Å². The topological polar surface area (TPSA) is 69.6 Å². The molecule has 1 aromatic carbocycles. The molecule has 0 bridgehead atoms. The summed E-state index contributed by atoms with van der Waals surface area (Å²) in [6.45, 7) is 0. The fraction of sp³-hybridized carbons (Fsp3) is 0.111. The molecule has 1 aliphatic heterocycles. The fourth-order valence-electron chi connectivity index (χ4n) is 1.27. The molecule has 2 atom stereocenters. The van der Waals surface area contributed by atoms with Crippen LogP contribution in [0.15, 0.2) is 35.4 Å². The monoisotopic (exact) mass is 211 g/mol. The van der Waals surface area contributed by atoms with Crippen LogP contribution in [0.5, 0.6) is 5.75 Å². The number of para-hydroxylation sites is 1. The van der Waals surface area contributed by atoms with Gasteiger partial charge >= 0.3 is 0 Å². The van der Waals surface area contributed by atoms with Crippen molar-refractivity contribution in [2.24, 2.45) is 0 Å². The summed E-state index contributed by atoms with van der Waals surface area (Å²) in [6, 6.07) is 6.75. The summed E-state index contributed by atoms with van der Waals surface area (Å²) >= 11 is -2.45. The number of fused-ring (bicyclic) bond motifs is 1. The highest BCUT2D eigenvalue weighted by atomic mass is 32.2. The van der Waals surface area contributed by atoms with Crippen LogP contribution in [0.2, 0.25) is 0 Å². The third-order valence-corrected chi connectivity index (χ3v) is 2.45. The van der Waals surface area contributed by atoms with E-state index in [0.29, 0.717) is 11.3 Å². The molecule has 0 amide bonds. The molecule has 1 N–H and O–H groups in total. The van der Waals surface area contributed by atoms with Crippen LogP contribution in [-0.2, 0) is 11.1 Å². The molecule has 2 rings (SSSR count). The smallest absolute Gasteiger partial charge is 0.176 e. The zero-order valence-corrected chi connectivity index (χ0v) is 7.86. The average Bonchev–Trinajstić information content (AvgIpc) is 2.17. The molecule has 0 radical (unpaired) electrons. The first-order valence-corrected chi connectivity index (χ1v) is 5.02. The number of aliphatic hydroxyl groups is 1. The molecule has 2 unspecified atom stereocenters. The molecule has 1 aromatic rings. The van der Waals surface area contributed by atoms with E-state index in [9.17, 15) is 13.9 Å². The first-order valence-electron chi connectivity index (χ1n) is 3.94. The summed E-state index contributed by atoms with van der Waals surface area (Å²) < 4.78 is 26.3. The molecule has 1 aliphatic rings. The lowest BCUT2D eigenvalue weighted by atomic mass is 10.1. The largest absolute Gasteiger partial charge is 0.766 e. The van der Waals surface area contributed by atoms with Crippen LogP contribution in [0.4, 0.5) is 0 Å². The quantitative estimate of drug-likeness (QED) is 0.698. The molecule has 0 spiro atoms. The van der Waals surface area contributed by atoms with Crippen molar-refractivity contribution in [1.82, 2.24) is 0 Å². The summed E-state index contributed by atoms with van der Waals surface area (Å²) in [5, 5.41) is 9.31. The Balaban J connectivity index is 2.42. The van der Waals surface area contributed by atoms with Crippen molar-refractivity contribution in [3.63, 3.8) is 0 Å². The van der Waals surface area contributed by atoms with Crippen molar-refractivity contribution in [2.75, 3.05) is 0 Å². The van der Waals surface area contributed by atoms with E-state index in [0.717, 1.165) is 6.08 Å². The summed E-state index contributed by atoms with van der Waals surface area (Å²) in [5.41, 5.74) is 0.571. The highest BCUT2D eigenvalue weighted by Gasteiger charge is 2.19. The zero-order valence-electron chi connectivity index (χ0n) is 7.04. The van der Waals surface area contributed by atoms with Gasteiger partial charge in [0.05, 0.1) is 0 Å². The Morgan fingerprint density at radius 2 is 2.14 bits per heavy atom. The molecule has 0 aromatic heterocycles. The van der Waals surface area contributed by atoms with E-state index in [4.69, 9.17) is 4.74 Å². The second-order valence-electron chi connectivity index (χ2n) is 2.81. The maximum atomic E-state index is 10.6.